The van der Waals surface area contributed by atoms with Crippen molar-refractivity contribution in [2.75, 3.05) is 25.6 Å². The monoisotopic (exact) mass is 248 g/mol. The molecule has 4 nitrogen and oxygen atoms in total. The lowest BCUT2D eigenvalue weighted by atomic mass is 10.1. The van der Waals surface area contributed by atoms with Gasteiger partial charge in [-0.05, 0) is 31.9 Å². The summed E-state index contributed by atoms with van der Waals surface area (Å²) in [6.07, 6.45) is 2.03. The molecule has 1 aliphatic heterocycles. The summed E-state index contributed by atoms with van der Waals surface area (Å²) in [5, 5.41) is 6.25. The summed E-state index contributed by atoms with van der Waals surface area (Å²) in [7, 11) is 1.71. The Morgan fingerprint density at radius 3 is 3.00 bits per heavy atom. The van der Waals surface area contributed by atoms with E-state index in [1.807, 2.05) is 25.1 Å². The first-order valence-electron chi connectivity index (χ1n) is 6.36. The number of ether oxygens (including phenoxy) is 1. The molecular formula is C14H20N2O2. The van der Waals surface area contributed by atoms with Crippen LogP contribution in [0.3, 0.4) is 0 Å². The largest absolute Gasteiger partial charge is 0.385 e. The van der Waals surface area contributed by atoms with Crippen LogP contribution in [0, 0.1) is 6.92 Å². The van der Waals surface area contributed by atoms with Crippen LogP contribution in [-0.4, -0.2) is 26.2 Å². The Morgan fingerprint density at radius 2 is 2.22 bits per heavy atom. The summed E-state index contributed by atoms with van der Waals surface area (Å²) in [5.74, 6) is 0.0473. The van der Waals surface area contributed by atoms with Crippen molar-refractivity contribution in [1.82, 2.24) is 5.32 Å². The SMILES string of the molecule is COCCCCNC1C(=O)Nc2c(C)cccc21. The lowest BCUT2D eigenvalue weighted by Gasteiger charge is -2.11. The second kappa shape index (κ2) is 5.98. The van der Waals surface area contributed by atoms with Gasteiger partial charge in [0.1, 0.15) is 6.04 Å². The summed E-state index contributed by atoms with van der Waals surface area (Å²) in [6, 6.07) is 5.81. The molecule has 0 saturated carbocycles. The van der Waals surface area contributed by atoms with E-state index in [1.165, 1.54) is 0 Å². The molecule has 0 bridgehead atoms. The number of fused-ring (bicyclic) bond motifs is 1. The van der Waals surface area contributed by atoms with Gasteiger partial charge in [0.25, 0.3) is 0 Å². The molecule has 0 saturated heterocycles. The second-order valence-electron chi connectivity index (χ2n) is 4.62. The number of para-hydroxylation sites is 1. The summed E-state index contributed by atoms with van der Waals surface area (Å²) >= 11 is 0. The van der Waals surface area contributed by atoms with E-state index >= 15 is 0 Å². The zero-order valence-corrected chi connectivity index (χ0v) is 11.0. The van der Waals surface area contributed by atoms with E-state index in [0.717, 1.165) is 42.8 Å². The second-order valence-corrected chi connectivity index (χ2v) is 4.62. The number of amides is 1. The molecule has 1 aromatic carbocycles. The van der Waals surface area contributed by atoms with Crippen molar-refractivity contribution < 1.29 is 9.53 Å². The predicted octanol–water partition coefficient (Wildman–Crippen LogP) is 2.00. The highest BCUT2D eigenvalue weighted by molar-refractivity contribution is 6.03. The zero-order chi connectivity index (χ0) is 13.0. The van der Waals surface area contributed by atoms with Crippen molar-refractivity contribution in [1.29, 1.82) is 0 Å². The van der Waals surface area contributed by atoms with Crippen molar-refractivity contribution in [3.63, 3.8) is 0 Å². The molecule has 98 valence electrons. The topological polar surface area (TPSA) is 50.4 Å². The predicted molar refractivity (Wildman–Crippen MR) is 71.7 cm³/mol. The molecule has 0 aliphatic carbocycles. The molecule has 2 rings (SSSR count). The highest BCUT2D eigenvalue weighted by atomic mass is 16.5. The number of carbonyl (C=O) groups is 1. The Hall–Kier alpha value is -1.39. The van der Waals surface area contributed by atoms with Gasteiger partial charge in [0.05, 0.1) is 0 Å². The minimum atomic E-state index is -0.206. The molecule has 0 radical (unpaired) electrons. The highest BCUT2D eigenvalue weighted by Gasteiger charge is 2.30. The Morgan fingerprint density at radius 1 is 1.39 bits per heavy atom. The van der Waals surface area contributed by atoms with Gasteiger partial charge in [0.15, 0.2) is 0 Å². The van der Waals surface area contributed by atoms with E-state index in [2.05, 4.69) is 10.6 Å². The van der Waals surface area contributed by atoms with Crippen molar-refractivity contribution in [3.8, 4) is 0 Å². The number of rotatable bonds is 6. The van der Waals surface area contributed by atoms with Crippen molar-refractivity contribution in [3.05, 3.63) is 29.3 Å². The third-order valence-electron chi connectivity index (χ3n) is 3.25. The minimum Gasteiger partial charge on any atom is -0.385 e. The van der Waals surface area contributed by atoms with Gasteiger partial charge in [-0.15, -0.1) is 0 Å². The van der Waals surface area contributed by atoms with Gasteiger partial charge in [-0.2, -0.15) is 0 Å². The first-order chi connectivity index (χ1) is 8.74. The van der Waals surface area contributed by atoms with Gasteiger partial charge < -0.3 is 15.4 Å². The van der Waals surface area contributed by atoms with Crippen molar-refractivity contribution >= 4 is 11.6 Å². The first kappa shape index (κ1) is 13.1. The standard InChI is InChI=1S/C14H20N2O2/c1-10-6-5-7-11-12(10)16-14(17)13(11)15-8-3-4-9-18-2/h5-7,13,15H,3-4,8-9H2,1-2H3,(H,16,17). The molecule has 18 heavy (non-hydrogen) atoms. The van der Waals surface area contributed by atoms with Crippen LogP contribution >= 0.6 is 0 Å². The minimum absolute atomic E-state index is 0.0473. The van der Waals surface area contributed by atoms with E-state index in [9.17, 15) is 4.79 Å². The van der Waals surface area contributed by atoms with E-state index in [1.54, 1.807) is 7.11 Å². The number of nitrogens with one attached hydrogen (secondary N) is 2. The number of hydrogen-bond donors (Lipinski definition) is 2. The molecule has 1 atom stereocenters. The summed E-state index contributed by atoms with van der Waals surface area (Å²) in [5.41, 5.74) is 3.15. The average Bonchev–Trinajstić information content (AvgIpc) is 2.68. The zero-order valence-electron chi connectivity index (χ0n) is 11.0. The van der Waals surface area contributed by atoms with Crippen LogP contribution in [0.1, 0.15) is 30.0 Å². The maximum absolute atomic E-state index is 11.9. The van der Waals surface area contributed by atoms with Gasteiger partial charge in [0, 0.05) is 25.0 Å². The molecular weight excluding hydrogens is 228 g/mol. The molecule has 1 aliphatic rings. The number of aryl methyl sites for hydroxylation is 1. The van der Waals surface area contributed by atoms with Crippen molar-refractivity contribution in [2.24, 2.45) is 0 Å². The smallest absolute Gasteiger partial charge is 0.246 e. The first-order valence-corrected chi connectivity index (χ1v) is 6.36. The van der Waals surface area contributed by atoms with E-state index < -0.39 is 0 Å². The van der Waals surface area contributed by atoms with Crippen LogP contribution in [0.25, 0.3) is 0 Å². The van der Waals surface area contributed by atoms with Gasteiger partial charge in [0.2, 0.25) is 5.91 Å². The van der Waals surface area contributed by atoms with Gasteiger partial charge in [-0.25, -0.2) is 0 Å². The Kier molecular flexibility index (Phi) is 4.33. The van der Waals surface area contributed by atoms with Crippen LogP contribution < -0.4 is 10.6 Å². The Labute approximate surface area is 108 Å². The van der Waals surface area contributed by atoms with E-state index in [0.29, 0.717) is 0 Å². The molecule has 4 heteroatoms. The lowest BCUT2D eigenvalue weighted by Crippen LogP contribution is -2.28. The molecule has 0 spiro atoms. The Bertz CT molecular complexity index is 432. The maximum atomic E-state index is 11.9. The highest BCUT2D eigenvalue weighted by Crippen LogP contribution is 2.33. The summed E-state index contributed by atoms with van der Waals surface area (Å²) in [6.45, 7) is 3.61. The molecule has 0 aromatic heterocycles. The lowest BCUT2D eigenvalue weighted by molar-refractivity contribution is -0.117. The molecule has 0 fully saturated rings. The molecule has 1 aromatic rings. The van der Waals surface area contributed by atoms with Crippen LogP contribution in [0.4, 0.5) is 5.69 Å². The summed E-state index contributed by atoms with van der Waals surface area (Å²) < 4.78 is 5.00. The van der Waals surface area contributed by atoms with Crippen molar-refractivity contribution in [2.45, 2.75) is 25.8 Å². The fourth-order valence-electron chi connectivity index (χ4n) is 2.26. The number of unbranched alkanes of at least 4 members (excludes halogenated alkanes) is 1. The number of hydrogen-bond acceptors (Lipinski definition) is 3. The fourth-order valence-corrected chi connectivity index (χ4v) is 2.26. The molecule has 1 heterocycles. The number of carbonyl (C=O) groups excluding carboxylic acids is 1. The Balaban J connectivity index is 1.94. The quantitative estimate of drug-likeness (QED) is 0.757. The molecule has 1 unspecified atom stereocenters. The van der Waals surface area contributed by atoms with Crippen LogP contribution in [0.15, 0.2) is 18.2 Å². The van der Waals surface area contributed by atoms with Gasteiger partial charge in [-0.3, -0.25) is 4.79 Å². The normalized spacial score (nSPS) is 17.7. The molecule has 1 amide bonds. The summed E-state index contributed by atoms with van der Waals surface area (Å²) in [4.78, 5) is 11.9. The van der Waals surface area contributed by atoms with Crippen LogP contribution in [0.5, 0.6) is 0 Å². The average molecular weight is 248 g/mol. The third kappa shape index (κ3) is 2.71. The fraction of sp³-hybridized carbons (Fsp3) is 0.500. The number of anilines is 1. The molecule has 2 N–H and O–H groups in total. The van der Waals surface area contributed by atoms with Crippen LogP contribution in [-0.2, 0) is 9.53 Å². The van der Waals surface area contributed by atoms with Gasteiger partial charge in [-0.1, -0.05) is 18.2 Å². The van der Waals surface area contributed by atoms with E-state index in [4.69, 9.17) is 4.74 Å². The van der Waals surface area contributed by atoms with Crippen LogP contribution in [0.2, 0.25) is 0 Å². The number of methoxy groups -OCH3 is 1. The third-order valence-corrected chi connectivity index (χ3v) is 3.25. The van der Waals surface area contributed by atoms with Gasteiger partial charge >= 0.3 is 0 Å². The number of benzene rings is 1. The maximum Gasteiger partial charge on any atom is 0.246 e. The van der Waals surface area contributed by atoms with E-state index in [-0.39, 0.29) is 11.9 Å².